The summed E-state index contributed by atoms with van der Waals surface area (Å²) in [4.78, 5) is 19.4. The smallest absolute Gasteiger partial charge is 0.318 e. The molecule has 6 atom stereocenters. The second kappa shape index (κ2) is 11.4. The fraction of sp³-hybridized carbons (Fsp3) is 0.567. The average Bonchev–Trinajstić information content (AvgIpc) is 3.46. The van der Waals surface area contributed by atoms with Gasteiger partial charge in [0, 0.05) is 23.8 Å². The van der Waals surface area contributed by atoms with Crippen LogP contribution in [-0.4, -0.2) is 62.8 Å². The van der Waals surface area contributed by atoms with Gasteiger partial charge in [-0.15, -0.1) is 4.72 Å². The minimum absolute atomic E-state index is 0.0260. The van der Waals surface area contributed by atoms with Gasteiger partial charge in [-0.25, -0.2) is 23.1 Å². The number of nitrogens with zero attached hydrogens (tertiary/aromatic N) is 4. The van der Waals surface area contributed by atoms with Crippen molar-refractivity contribution in [3.8, 4) is 0 Å². The van der Waals surface area contributed by atoms with Crippen molar-refractivity contribution in [2.45, 2.75) is 69.4 Å². The minimum Gasteiger partial charge on any atom is -0.593 e. The van der Waals surface area contributed by atoms with E-state index in [0.29, 0.717) is 23.0 Å². The summed E-state index contributed by atoms with van der Waals surface area (Å²) in [7, 11) is 1.47. The van der Waals surface area contributed by atoms with Crippen LogP contribution in [0.5, 0.6) is 0 Å². The highest BCUT2D eigenvalue weighted by Gasteiger charge is 2.46. The third-order valence-electron chi connectivity index (χ3n) is 9.21. The molecule has 226 valence electrons. The number of benzene rings is 1. The highest BCUT2D eigenvalue weighted by atomic mass is 32.2. The van der Waals surface area contributed by atoms with Gasteiger partial charge in [0.1, 0.15) is 0 Å². The topological polar surface area (TPSA) is 107 Å². The molecule has 2 aliphatic carbocycles. The first-order chi connectivity index (χ1) is 20.0. The first kappa shape index (κ1) is 29.3. The van der Waals surface area contributed by atoms with Gasteiger partial charge in [-0.05, 0) is 70.3 Å². The highest BCUT2D eigenvalue weighted by molar-refractivity contribution is 7.89. The van der Waals surface area contributed by atoms with Crippen LogP contribution in [0.2, 0.25) is 0 Å². The molecule has 3 aromatic rings. The molecular weight excluding hydrogens is 562 g/mol. The molecule has 9 nitrogen and oxygen atoms in total. The van der Waals surface area contributed by atoms with E-state index < -0.39 is 42.4 Å². The second-order valence-corrected chi connectivity index (χ2v) is 13.5. The number of hydrogen-bond donors (Lipinski definition) is 2. The Hall–Kier alpha value is -2.80. The summed E-state index contributed by atoms with van der Waals surface area (Å²) < 4.78 is 52.7. The molecule has 3 fully saturated rings. The summed E-state index contributed by atoms with van der Waals surface area (Å²) in [6.07, 6.45) is 8.03. The molecule has 2 saturated carbocycles. The Bertz CT molecular complexity index is 1450. The van der Waals surface area contributed by atoms with Crippen molar-refractivity contribution in [2.24, 2.45) is 17.8 Å². The van der Waals surface area contributed by atoms with Crippen molar-refractivity contribution < 1.29 is 22.9 Å². The number of aryl methyl sites for hydroxylation is 3. The lowest BCUT2D eigenvalue weighted by molar-refractivity contribution is -0.0509. The van der Waals surface area contributed by atoms with E-state index in [2.05, 4.69) is 27.3 Å². The SMILES string of the molecule is COC[C@H](c1cnn2cc([C@@H](N[S+]([O-])c3c(C)cc(C)cc3C)C3C[C@H]4CC[C@H]4C3)nc2c1)N1CC(F)(F)CNC1=O. The third kappa shape index (κ3) is 5.61. The molecule has 12 heteroatoms. The van der Waals surface area contributed by atoms with Gasteiger partial charge in [0.25, 0.3) is 5.92 Å². The average molecular weight is 601 g/mol. The molecule has 2 aromatic heterocycles. The number of aromatic nitrogens is 3. The number of imidazole rings is 1. The number of urea groups is 1. The molecule has 2 unspecified atom stereocenters. The Morgan fingerprint density at radius 3 is 2.52 bits per heavy atom. The summed E-state index contributed by atoms with van der Waals surface area (Å²) in [5.74, 6) is -1.36. The van der Waals surface area contributed by atoms with Crippen molar-refractivity contribution in [2.75, 3.05) is 26.8 Å². The molecule has 6 rings (SSSR count). The molecular formula is C30H38F2N6O3S. The normalized spacial score (nSPS) is 25.5. The number of alkyl halides is 2. The minimum atomic E-state index is -3.05. The second-order valence-electron chi connectivity index (χ2n) is 12.3. The molecule has 2 amide bonds. The van der Waals surface area contributed by atoms with Gasteiger partial charge in [0.2, 0.25) is 0 Å². The predicted molar refractivity (Wildman–Crippen MR) is 155 cm³/mol. The maximum atomic E-state index is 14.2. The van der Waals surface area contributed by atoms with E-state index in [1.54, 1.807) is 16.8 Å². The predicted octanol–water partition coefficient (Wildman–Crippen LogP) is 4.79. The van der Waals surface area contributed by atoms with Gasteiger partial charge in [0.15, 0.2) is 10.5 Å². The van der Waals surface area contributed by atoms with Crippen molar-refractivity contribution in [1.29, 1.82) is 0 Å². The number of ether oxygens (including phenoxy) is 1. The van der Waals surface area contributed by atoms with Gasteiger partial charge in [0.05, 0.1) is 61.2 Å². The number of hydrogen-bond acceptors (Lipinski definition) is 6. The Morgan fingerprint density at radius 2 is 1.88 bits per heavy atom. The highest BCUT2D eigenvalue weighted by Crippen LogP contribution is 2.53. The van der Waals surface area contributed by atoms with Gasteiger partial charge in [-0.2, -0.15) is 5.10 Å². The lowest BCUT2D eigenvalue weighted by Gasteiger charge is -2.38. The molecule has 3 aliphatic rings. The maximum Gasteiger partial charge on any atom is 0.318 e. The Kier molecular flexibility index (Phi) is 7.92. The molecule has 3 heterocycles. The van der Waals surface area contributed by atoms with Crippen LogP contribution < -0.4 is 10.0 Å². The largest absolute Gasteiger partial charge is 0.593 e. The quantitative estimate of drug-likeness (QED) is 0.342. The number of fused-ring (bicyclic) bond motifs is 2. The van der Waals surface area contributed by atoms with Crippen LogP contribution in [-0.2, 0) is 16.1 Å². The van der Waals surface area contributed by atoms with Crippen molar-refractivity contribution >= 4 is 23.0 Å². The molecule has 0 bridgehead atoms. The first-order valence-corrected chi connectivity index (χ1v) is 15.7. The number of methoxy groups -OCH3 is 1. The molecule has 1 aromatic carbocycles. The van der Waals surface area contributed by atoms with E-state index in [1.165, 1.54) is 20.0 Å². The summed E-state index contributed by atoms with van der Waals surface area (Å²) in [5, 5.41) is 6.81. The zero-order chi connectivity index (χ0) is 29.8. The van der Waals surface area contributed by atoms with Crippen molar-refractivity contribution in [1.82, 2.24) is 29.5 Å². The number of carbonyl (C=O) groups is 1. The van der Waals surface area contributed by atoms with E-state index in [9.17, 15) is 18.1 Å². The number of carbonyl (C=O) groups excluding carboxylic acids is 1. The zero-order valence-corrected chi connectivity index (χ0v) is 25.2. The van der Waals surface area contributed by atoms with Crippen LogP contribution >= 0.6 is 0 Å². The summed E-state index contributed by atoms with van der Waals surface area (Å²) in [6, 6.07) is 4.29. The van der Waals surface area contributed by atoms with Crippen LogP contribution in [0.3, 0.4) is 0 Å². The molecule has 1 aliphatic heterocycles. The number of amides is 2. The number of halogens is 2. The van der Waals surface area contributed by atoms with Gasteiger partial charge >= 0.3 is 6.03 Å². The van der Waals surface area contributed by atoms with Crippen LogP contribution in [0, 0.1) is 38.5 Å². The molecule has 0 spiro atoms. The van der Waals surface area contributed by atoms with Crippen LogP contribution in [0.4, 0.5) is 13.6 Å². The van der Waals surface area contributed by atoms with Crippen LogP contribution in [0.15, 0.2) is 35.5 Å². The fourth-order valence-corrected chi connectivity index (χ4v) is 8.50. The van der Waals surface area contributed by atoms with Crippen molar-refractivity contribution in [3.63, 3.8) is 0 Å². The van der Waals surface area contributed by atoms with Gasteiger partial charge in [-0.1, -0.05) is 17.7 Å². The van der Waals surface area contributed by atoms with E-state index in [0.717, 1.165) is 45.0 Å². The molecule has 0 radical (unpaired) electrons. The number of nitrogens with one attached hydrogen (secondary N) is 2. The molecule has 2 N–H and O–H groups in total. The molecule has 1 saturated heterocycles. The summed E-state index contributed by atoms with van der Waals surface area (Å²) >= 11 is -1.45. The third-order valence-corrected chi connectivity index (χ3v) is 10.7. The Balaban J connectivity index is 1.32. The van der Waals surface area contributed by atoms with Gasteiger partial charge in [-0.3, -0.25) is 0 Å². The fourth-order valence-electron chi connectivity index (χ4n) is 7.14. The first-order valence-electron chi connectivity index (χ1n) is 14.5. The Morgan fingerprint density at radius 1 is 1.19 bits per heavy atom. The standard InChI is InChI=1S/C30H38F2N6O3S/c1-17-7-18(2)28(19(3)8-17)42(40)36-27(22-9-20-5-6-21(20)10-22)24-13-38-26(35-24)11-23(12-34-38)25(14-41-4)37-16-30(31,32)15-33-29(37)39/h7-8,11-13,20-22,25,27,36H,5-6,9-10,14-16H2,1-4H3,(H,33,39)/t20-,21+,22?,25-,27+,42?/m1/s1. The zero-order valence-electron chi connectivity index (χ0n) is 24.4. The maximum absolute atomic E-state index is 14.2. The van der Waals surface area contributed by atoms with Crippen LogP contribution in [0.25, 0.3) is 5.65 Å². The van der Waals surface area contributed by atoms with Crippen molar-refractivity contribution in [3.05, 3.63) is 58.5 Å². The van der Waals surface area contributed by atoms with Crippen LogP contribution in [0.1, 0.15) is 65.7 Å². The lowest BCUT2D eigenvalue weighted by atomic mass is 9.77. The van der Waals surface area contributed by atoms with E-state index in [1.807, 2.05) is 27.0 Å². The van der Waals surface area contributed by atoms with E-state index in [4.69, 9.17) is 9.72 Å². The lowest BCUT2D eigenvalue weighted by Crippen LogP contribution is -2.58. The Labute approximate surface area is 247 Å². The number of rotatable bonds is 9. The van der Waals surface area contributed by atoms with E-state index >= 15 is 0 Å². The summed E-state index contributed by atoms with van der Waals surface area (Å²) in [6.45, 7) is 4.64. The van der Waals surface area contributed by atoms with E-state index in [-0.39, 0.29) is 18.6 Å². The van der Waals surface area contributed by atoms with Gasteiger partial charge < -0.3 is 19.5 Å². The monoisotopic (exact) mass is 600 g/mol. The summed E-state index contributed by atoms with van der Waals surface area (Å²) in [5.41, 5.74) is 4.92. The molecule has 42 heavy (non-hydrogen) atoms.